The van der Waals surface area contributed by atoms with Gasteiger partial charge in [0.05, 0.1) is 12.0 Å². The number of nitrogens with zero attached hydrogens (tertiary/aromatic N) is 1. The first-order chi connectivity index (χ1) is 13.5. The number of methoxy groups -OCH3 is 1. The van der Waals surface area contributed by atoms with E-state index in [-0.39, 0.29) is 34.2 Å². The highest BCUT2D eigenvalue weighted by atomic mass is 35.5. The van der Waals surface area contributed by atoms with Crippen LogP contribution >= 0.6 is 11.6 Å². The Morgan fingerprint density at radius 1 is 1.11 bits per heavy atom. The lowest BCUT2D eigenvalue weighted by molar-refractivity contribution is -0.385. The van der Waals surface area contributed by atoms with E-state index in [1.165, 1.54) is 31.7 Å². The molecule has 1 aliphatic carbocycles. The van der Waals surface area contributed by atoms with Crippen LogP contribution in [0.15, 0.2) is 36.4 Å². The number of nitro benzene ring substituents is 1. The van der Waals surface area contributed by atoms with Gasteiger partial charge in [-0.2, -0.15) is 0 Å². The minimum atomic E-state index is -0.570. The summed E-state index contributed by atoms with van der Waals surface area (Å²) in [7, 11) is 1.45. The summed E-state index contributed by atoms with van der Waals surface area (Å²) in [5.74, 6) is 0.434. The van der Waals surface area contributed by atoms with Crippen LogP contribution in [0.1, 0.15) is 42.5 Å². The molecule has 0 aliphatic heterocycles. The zero-order valence-electron chi connectivity index (χ0n) is 15.4. The van der Waals surface area contributed by atoms with Crippen molar-refractivity contribution in [2.75, 3.05) is 7.11 Å². The first-order valence-electron chi connectivity index (χ1n) is 9.08. The van der Waals surface area contributed by atoms with Gasteiger partial charge in [0.15, 0.2) is 11.5 Å². The number of carbonyl (C=O) groups excluding carboxylic acids is 1. The van der Waals surface area contributed by atoms with E-state index in [1.807, 2.05) is 0 Å². The molecule has 7 nitrogen and oxygen atoms in total. The smallest absolute Gasteiger partial charge is 0.313 e. The largest absolute Gasteiger partial charge is 0.493 e. The van der Waals surface area contributed by atoms with Crippen molar-refractivity contribution < 1.29 is 19.2 Å². The number of nitrogens with one attached hydrogen (secondary N) is 1. The molecular formula is C20H21ClN2O5. The van der Waals surface area contributed by atoms with Crippen LogP contribution in [-0.2, 0) is 0 Å². The third kappa shape index (κ3) is 4.72. The number of hydrogen-bond donors (Lipinski definition) is 1. The van der Waals surface area contributed by atoms with Crippen LogP contribution < -0.4 is 14.8 Å². The van der Waals surface area contributed by atoms with E-state index in [2.05, 4.69) is 5.32 Å². The van der Waals surface area contributed by atoms with Crippen LogP contribution in [0.2, 0.25) is 5.02 Å². The fourth-order valence-corrected chi connectivity index (χ4v) is 3.41. The molecule has 1 N–H and O–H groups in total. The normalized spacial score (nSPS) is 14.4. The Balaban J connectivity index is 1.80. The molecular weight excluding hydrogens is 384 g/mol. The maximum Gasteiger partial charge on any atom is 0.313 e. The lowest BCUT2D eigenvalue weighted by Crippen LogP contribution is -2.36. The first-order valence-corrected chi connectivity index (χ1v) is 9.46. The van der Waals surface area contributed by atoms with Crippen LogP contribution in [0.5, 0.6) is 17.2 Å². The standard InChI is InChI=1S/C20H21ClN2O5/c1-27-19-11-13(20(24)22-15-5-3-2-4-6-15)7-9-18(19)28-17-10-8-14(21)12-16(17)23(25)26/h7-12,15H,2-6H2,1H3,(H,22,24). The number of carbonyl (C=O) groups is 1. The van der Waals surface area contributed by atoms with Gasteiger partial charge in [0.1, 0.15) is 0 Å². The van der Waals surface area contributed by atoms with Crippen molar-refractivity contribution in [2.24, 2.45) is 0 Å². The summed E-state index contributed by atoms with van der Waals surface area (Å²) < 4.78 is 11.0. The molecule has 0 unspecified atom stereocenters. The summed E-state index contributed by atoms with van der Waals surface area (Å²) in [4.78, 5) is 23.2. The van der Waals surface area contributed by atoms with Gasteiger partial charge in [-0.25, -0.2) is 0 Å². The monoisotopic (exact) mass is 404 g/mol. The average Bonchev–Trinajstić information content (AvgIpc) is 2.70. The Morgan fingerprint density at radius 3 is 2.50 bits per heavy atom. The van der Waals surface area contributed by atoms with Gasteiger partial charge in [-0.1, -0.05) is 30.9 Å². The van der Waals surface area contributed by atoms with Gasteiger partial charge in [-0.3, -0.25) is 14.9 Å². The van der Waals surface area contributed by atoms with E-state index in [0.29, 0.717) is 11.3 Å². The van der Waals surface area contributed by atoms with E-state index < -0.39 is 4.92 Å². The van der Waals surface area contributed by atoms with Gasteiger partial charge in [0.25, 0.3) is 5.91 Å². The molecule has 1 fully saturated rings. The number of halogens is 1. The quantitative estimate of drug-likeness (QED) is 0.533. The van der Waals surface area contributed by atoms with Crippen LogP contribution in [-0.4, -0.2) is 24.0 Å². The predicted molar refractivity (Wildman–Crippen MR) is 106 cm³/mol. The van der Waals surface area contributed by atoms with E-state index >= 15 is 0 Å². The fourth-order valence-electron chi connectivity index (χ4n) is 3.25. The summed E-state index contributed by atoms with van der Waals surface area (Å²) in [6.07, 6.45) is 5.44. The minimum absolute atomic E-state index is 0.0344. The van der Waals surface area contributed by atoms with Crippen molar-refractivity contribution >= 4 is 23.2 Å². The Bertz CT molecular complexity index is 881. The van der Waals surface area contributed by atoms with Gasteiger partial charge in [0, 0.05) is 22.7 Å². The van der Waals surface area contributed by atoms with E-state index in [1.54, 1.807) is 18.2 Å². The lowest BCUT2D eigenvalue weighted by Gasteiger charge is -2.23. The number of rotatable bonds is 6. The van der Waals surface area contributed by atoms with E-state index in [4.69, 9.17) is 21.1 Å². The van der Waals surface area contributed by atoms with Crippen molar-refractivity contribution in [2.45, 2.75) is 38.1 Å². The molecule has 2 aromatic rings. The Labute approximate surface area is 167 Å². The molecule has 1 saturated carbocycles. The zero-order valence-corrected chi connectivity index (χ0v) is 16.2. The highest BCUT2D eigenvalue weighted by Gasteiger charge is 2.20. The van der Waals surface area contributed by atoms with Gasteiger partial charge in [-0.05, 0) is 43.2 Å². The summed E-state index contributed by atoms with van der Waals surface area (Å²) in [5, 5.41) is 14.5. The number of ether oxygens (including phenoxy) is 2. The molecule has 0 saturated heterocycles. The summed E-state index contributed by atoms with van der Waals surface area (Å²) in [5.41, 5.74) is 0.189. The molecule has 0 atom stereocenters. The number of nitro groups is 1. The van der Waals surface area contributed by atoms with Crippen LogP contribution in [0.25, 0.3) is 0 Å². The highest BCUT2D eigenvalue weighted by Crippen LogP contribution is 2.38. The van der Waals surface area contributed by atoms with Crippen molar-refractivity contribution in [1.29, 1.82) is 0 Å². The topological polar surface area (TPSA) is 90.7 Å². The second-order valence-electron chi connectivity index (χ2n) is 6.65. The minimum Gasteiger partial charge on any atom is -0.493 e. The van der Waals surface area contributed by atoms with Gasteiger partial charge >= 0.3 is 5.69 Å². The van der Waals surface area contributed by atoms with E-state index in [0.717, 1.165) is 25.7 Å². The third-order valence-corrected chi connectivity index (χ3v) is 4.94. The maximum absolute atomic E-state index is 12.5. The average molecular weight is 405 g/mol. The summed E-state index contributed by atoms with van der Waals surface area (Å²) in [6.45, 7) is 0. The van der Waals surface area contributed by atoms with Crippen LogP contribution in [0.4, 0.5) is 5.69 Å². The number of hydrogen-bond acceptors (Lipinski definition) is 5. The van der Waals surface area contributed by atoms with Crippen molar-refractivity contribution in [3.05, 3.63) is 57.1 Å². The lowest BCUT2D eigenvalue weighted by atomic mass is 9.95. The molecule has 0 heterocycles. The Morgan fingerprint density at radius 2 is 1.82 bits per heavy atom. The molecule has 8 heteroatoms. The Hall–Kier alpha value is -2.80. The molecule has 3 rings (SSSR count). The first kappa shape index (κ1) is 19.9. The highest BCUT2D eigenvalue weighted by molar-refractivity contribution is 6.30. The molecule has 148 valence electrons. The zero-order chi connectivity index (χ0) is 20.1. The molecule has 0 bridgehead atoms. The number of amides is 1. The molecule has 0 aromatic heterocycles. The second kappa shape index (κ2) is 8.93. The summed E-state index contributed by atoms with van der Waals surface area (Å²) in [6, 6.07) is 9.07. The molecule has 28 heavy (non-hydrogen) atoms. The number of benzene rings is 2. The van der Waals surface area contributed by atoms with Gasteiger partial charge in [-0.15, -0.1) is 0 Å². The predicted octanol–water partition coefficient (Wildman–Crippen LogP) is 5.11. The summed E-state index contributed by atoms with van der Waals surface area (Å²) >= 11 is 5.83. The third-order valence-electron chi connectivity index (χ3n) is 4.70. The second-order valence-corrected chi connectivity index (χ2v) is 7.08. The van der Waals surface area contributed by atoms with Gasteiger partial charge in [0.2, 0.25) is 5.75 Å². The molecule has 1 amide bonds. The van der Waals surface area contributed by atoms with Crippen LogP contribution in [0, 0.1) is 10.1 Å². The van der Waals surface area contributed by atoms with Crippen molar-refractivity contribution in [1.82, 2.24) is 5.32 Å². The van der Waals surface area contributed by atoms with Crippen LogP contribution in [0.3, 0.4) is 0 Å². The Kier molecular flexibility index (Phi) is 6.36. The van der Waals surface area contributed by atoms with E-state index in [9.17, 15) is 14.9 Å². The molecule has 2 aromatic carbocycles. The van der Waals surface area contributed by atoms with Crippen molar-refractivity contribution in [3.8, 4) is 17.2 Å². The fraction of sp³-hybridized carbons (Fsp3) is 0.350. The SMILES string of the molecule is COc1cc(C(=O)NC2CCCCC2)ccc1Oc1ccc(Cl)cc1[N+](=O)[O-]. The van der Waals surface area contributed by atoms with Gasteiger partial charge < -0.3 is 14.8 Å². The maximum atomic E-state index is 12.5. The molecule has 1 aliphatic rings. The molecule has 0 spiro atoms. The van der Waals surface area contributed by atoms with Crippen molar-refractivity contribution in [3.63, 3.8) is 0 Å². The molecule has 0 radical (unpaired) electrons.